The van der Waals surface area contributed by atoms with Crippen LogP contribution in [-0.2, 0) is 0 Å². The molecule has 0 saturated heterocycles. The van der Waals surface area contributed by atoms with Gasteiger partial charge in [-0.15, -0.1) is 0 Å². The average Bonchev–Trinajstić information content (AvgIpc) is 3.13. The third-order valence-electron chi connectivity index (χ3n) is 5.94. The van der Waals surface area contributed by atoms with Crippen molar-refractivity contribution in [3.63, 3.8) is 0 Å². The van der Waals surface area contributed by atoms with E-state index in [1.165, 1.54) is 10.2 Å². The summed E-state index contributed by atoms with van der Waals surface area (Å²) in [4.78, 5) is 22.8. The van der Waals surface area contributed by atoms with Gasteiger partial charge in [-0.3, -0.25) is 4.79 Å². The highest BCUT2D eigenvalue weighted by Crippen LogP contribution is 2.29. The second kappa shape index (κ2) is 9.02. The fourth-order valence-electron chi connectivity index (χ4n) is 3.91. The molecule has 0 bridgehead atoms. The van der Waals surface area contributed by atoms with Crippen molar-refractivity contribution in [2.24, 2.45) is 5.10 Å². The Morgan fingerprint density at radius 3 is 2.29 bits per heavy atom. The Morgan fingerprint density at radius 1 is 0.971 bits per heavy atom. The first kappa shape index (κ1) is 22.3. The van der Waals surface area contributed by atoms with Crippen molar-refractivity contribution in [2.45, 2.75) is 26.7 Å². The van der Waals surface area contributed by atoms with Gasteiger partial charge < -0.3 is 11.1 Å². The van der Waals surface area contributed by atoms with Crippen LogP contribution in [0.5, 0.6) is 0 Å². The van der Waals surface area contributed by atoms with Gasteiger partial charge >= 0.3 is 0 Å². The van der Waals surface area contributed by atoms with E-state index in [-0.39, 0.29) is 17.3 Å². The molecule has 5 rings (SSSR count). The van der Waals surface area contributed by atoms with Gasteiger partial charge in [-0.25, -0.2) is 9.97 Å². The maximum atomic E-state index is 13.3. The van der Waals surface area contributed by atoms with Crippen LogP contribution in [0.4, 0.5) is 11.5 Å². The van der Waals surface area contributed by atoms with E-state index < -0.39 is 0 Å². The van der Waals surface area contributed by atoms with E-state index in [9.17, 15) is 4.79 Å². The molecular formula is C28H26N6O. The number of nitrogens with two attached hydrogens (primary N) is 1. The summed E-state index contributed by atoms with van der Waals surface area (Å²) in [5.74, 6) is 0.259. The van der Waals surface area contributed by atoms with Gasteiger partial charge in [-0.1, -0.05) is 67.9 Å². The number of hydrogen-bond donors (Lipinski definition) is 2. The van der Waals surface area contributed by atoms with Gasteiger partial charge in [0.05, 0.1) is 17.2 Å². The number of nitrogens with zero attached hydrogens (tertiary/aromatic N) is 4. The highest BCUT2D eigenvalue weighted by molar-refractivity contribution is 6.16. The van der Waals surface area contributed by atoms with Crippen molar-refractivity contribution in [2.75, 3.05) is 11.1 Å². The number of carbonyl (C=O) groups excluding carboxylic acids is 1. The van der Waals surface area contributed by atoms with Crippen LogP contribution in [-0.4, -0.2) is 26.8 Å². The number of aryl methyl sites for hydroxylation is 1. The first-order valence-corrected chi connectivity index (χ1v) is 11.5. The number of anilines is 2. The monoisotopic (exact) mass is 462 g/mol. The molecule has 0 spiro atoms. The summed E-state index contributed by atoms with van der Waals surface area (Å²) in [5, 5.41) is 7.51. The molecular weight excluding hydrogens is 436 g/mol. The summed E-state index contributed by atoms with van der Waals surface area (Å²) in [5.41, 5.74) is 12.9. The SMILES string of the molecule is Cc1ccc(NC(=O)c2c(N)n(/N=C/c3ccc(C(C)C)cc3)c3nc4ccccc4nc23)cc1. The molecule has 3 aromatic carbocycles. The van der Waals surface area contributed by atoms with Gasteiger partial charge in [-0.05, 0) is 48.2 Å². The molecule has 0 aliphatic rings. The summed E-state index contributed by atoms with van der Waals surface area (Å²) in [6, 6.07) is 23.2. The largest absolute Gasteiger partial charge is 0.383 e. The number of nitrogen functional groups attached to an aromatic ring is 1. The summed E-state index contributed by atoms with van der Waals surface area (Å²) in [7, 11) is 0. The third-order valence-corrected chi connectivity index (χ3v) is 5.94. The maximum Gasteiger partial charge on any atom is 0.261 e. The van der Waals surface area contributed by atoms with Crippen LogP contribution < -0.4 is 11.1 Å². The fourth-order valence-corrected chi connectivity index (χ4v) is 3.91. The minimum absolute atomic E-state index is 0.176. The molecule has 0 aliphatic heterocycles. The summed E-state index contributed by atoms with van der Waals surface area (Å²) >= 11 is 0. The molecule has 0 aliphatic carbocycles. The second-order valence-electron chi connectivity index (χ2n) is 8.84. The van der Waals surface area contributed by atoms with Gasteiger partial charge in [0.15, 0.2) is 5.65 Å². The predicted molar refractivity (Wildman–Crippen MR) is 142 cm³/mol. The van der Waals surface area contributed by atoms with Crippen LogP contribution in [0.3, 0.4) is 0 Å². The molecule has 2 heterocycles. The van der Waals surface area contributed by atoms with Crippen LogP contribution in [0.2, 0.25) is 0 Å². The van der Waals surface area contributed by atoms with E-state index >= 15 is 0 Å². The first-order chi connectivity index (χ1) is 16.9. The maximum absolute atomic E-state index is 13.3. The minimum atomic E-state index is -0.365. The Balaban J connectivity index is 1.61. The van der Waals surface area contributed by atoms with E-state index in [1.807, 2.05) is 67.6 Å². The van der Waals surface area contributed by atoms with E-state index in [4.69, 9.17) is 15.7 Å². The third kappa shape index (κ3) is 4.36. The first-order valence-electron chi connectivity index (χ1n) is 11.5. The number of para-hydroxylation sites is 2. The summed E-state index contributed by atoms with van der Waals surface area (Å²) < 4.78 is 1.48. The normalized spacial score (nSPS) is 11.7. The highest BCUT2D eigenvalue weighted by atomic mass is 16.1. The van der Waals surface area contributed by atoms with E-state index in [0.29, 0.717) is 33.8 Å². The number of rotatable bonds is 5. The Bertz CT molecular complexity index is 1560. The van der Waals surface area contributed by atoms with Crippen LogP contribution in [0.15, 0.2) is 77.9 Å². The van der Waals surface area contributed by atoms with Gasteiger partial charge in [-0.2, -0.15) is 9.78 Å². The molecule has 7 nitrogen and oxygen atoms in total. The van der Waals surface area contributed by atoms with Gasteiger partial charge in [0.1, 0.15) is 16.9 Å². The highest BCUT2D eigenvalue weighted by Gasteiger charge is 2.24. The lowest BCUT2D eigenvalue weighted by molar-refractivity contribution is 0.102. The van der Waals surface area contributed by atoms with Crippen LogP contribution >= 0.6 is 0 Å². The lowest BCUT2D eigenvalue weighted by Crippen LogP contribution is -2.14. The Morgan fingerprint density at radius 2 is 1.63 bits per heavy atom. The topological polar surface area (TPSA) is 98.2 Å². The van der Waals surface area contributed by atoms with Crippen molar-refractivity contribution in [3.05, 3.63) is 95.1 Å². The van der Waals surface area contributed by atoms with Crippen LogP contribution in [0.25, 0.3) is 22.2 Å². The van der Waals surface area contributed by atoms with Crippen molar-refractivity contribution < 1.29 is 4.79 Å². The molecule has 2 aromatic heterocycles. The predicted octanol–water partition coefficient (Wildman–Crippen LogP) is 5.73. The second-order valence-corrected chi connectivity index (χ2v) is 8.84. The zero-order valence-corrected chi connectivity index (χ0v) is 19.9. The minimum Gasteiger partial charge on any atom is -0.383 e. The van der Waals surface area contributed by atoms with E-state index in [0.717, 1.165) is 11.1 Å². The van der Waals surface area contributed by atoms with E-state index in [1.54, 1.807) is 6.21 Å². The summed E-state index contributed by atoms with van der Waals surface area (Å²) in [6.45, 7) is 6.30. The van der Waals surface area contributed by atoms with Crippen LogP contribution in [0, 0.1) is 6.92 Å². The van der Waals surface area contributed by atoms with Crippen molar-refractivity contribution in [1.82, 2.24) is 14.6 Å². The molecule has 35 heavy (non-hydrogen) atoms. The quantitative estimate of drug-likeness (QED) is 0.326. The Labute approximate surface area is 203 Å². The van der Waals surface area contributed by atoms with E-state index in [2.05, 4.69) is 36.4 Å². The standard InChI is InChI=1S/C28H26N6O/c1-17(2)20-12-10-19(11-13-20)16-30-34-26(29)24(28(35)31-21-14-8-18(3)9-15-21)25-27(34)33-23-7-5-4-6-22(23)32-25/h4-17H,29H2,1-3H3,(H,31,35)/b30-16+. The molecule has 0 unspecified atom stereocenters. The number of amides is 1. The number of benzene rings is 3. The number of hydrogen-bond acceptors (Lipinski definition) is 5. The summed E-state index contributed by atoms with van der Waals surface area (Å²) in [6.07, 6.45) is 1.71. The molecule has 174 valence electrons. The van der Waals surface area contributed by atoms with Gasteiger partial charge in [0.2, 0.25) is 0 Å². The molecule has 0 atom stereocenters. The van der Waals surface area contributed by atoms with Gasteiger partial charge in [0, 0.05) is 5.69 Å². The van der Waals surface area contributed by atoms with Gasteiger partial charge in [0.25, 0.3) is 5.91 Å². The van der Waals surface area contributed by atoms with Crippen LogP contribution in [0.1, 0.15) is 46.8 Å². The lowest BCUT2D eigenvalue weighted by Gasteiger charge is -2.06. The number of carbonyl (C=O) groups is 1. The fraction of sp³-hybridized carbons (Fsp3) is 0.143. The molecule has 7 heteroatoms. The molecule has 0 fully saturated rings. The number of fused-ring (bicyclic) bond motifs is 2. The molecule has 0 radical (unpaired) electrons. The number of nitrogens with one attached hydrogen (secondary N) is 1. The zero-order chi connectivity index (χ0) is 24.5. The smallest absolute Gasteiger partial charge is 0.261 e. The molecule has 0 saturated carbocycles. The molecule has 3 N–H and O–H groups in total. The Kier molecular flexibility index (Phi) is 5.74. The molecule has 5 aromatic rings. The van der Waals surface area contributed by atoms with Crippen molar-refractivity contribution in [3.8, 4) is 0 Å². The van der Waals surface area contributed by atoms with Crippen molar-refractivity contribution in [1.29, 1.82) is 0 Å². The Hall–Kier alpha value is -4.52. The number of aromatic nitrogens is 3. The zero-order valence-electron chi connectivity index (χ0n) is 19.9. The van der Waals surface area contributed by atoms with Crippen molar-refractivity contribution >= 4 is 45.8 Å². The lowest BCUT2D eigenvalue weighted by atomic mass is 10.0. The average molecular weight is 463 g/mol. The molecule has 1 amide bonds.